The third-order valence-corrected chi connectivity index (χ3v) is 3.39. The summed E-state index contributed by atoms with van der Waals surface area (Å²) in [5, 5.41) is 2.91. The minimum Gasteiger partial charge on any atom is -0.479 e. The van der Waals surface area contributed by atoms with Gasteiger partial charge in [-0.25, -0.2) is 4.99 Å². The lowest BCUT2D eigenvalue weighted by Crippen LogP contribution is -2.44. The molecule has 0 aromatic carbocycles. The van der Waals surface area contributed by atoms with Crippen molar-refractivity contribution in [2.45, 2.75) is 44.3 Å². The van der Waals surface area contributed by atoms with Gasteiger partial charge in [-0.1, -0.05) is 24.4 Å². The fourth-order valence-electron chi connectivity index (χ4n) is 2.36. The van der Waals surface area contributed by atoms with Crippen LogP contribution in [0.3, 0.4) is 0 Å². The van der Waals surface area contributed by atoms with E-state index in [1.807, 2.05) is 0 Å². The quantitative estimate of drug-likeness (QED) is 0.721. The third kappa shape index (κ3) is 3.04. The van der Waals surface area contributed by atoms with Crippen molar-refractivity contribution in [1.82, 2.24) is 0 Å². The molecule has 18 heavy (non-hydrogen) atoms. The van der Waals surface area contributed by atoms with Gasteiger partial charge in [0.15, 0.2) is 0 Å². The maximum atomic E-state index is 10.7. The van der Waals surface area contributed by atoms with E-state index in [0.717, 1.165) is 12.8 Å². The van der Waals surface area contributed by atoms with Crippen molar-refractivity contribution in [3.8, 4) is 0 Å². The van der Waals surface area contributed by atoms with Gasteiger partial charge in [0.2, 0.25) is 17.9 Å². The van der Waals surface area contributed by atoms with E-state index in [2.05, 4.69) is 15.2 Å². The van der Waals surface area contributed by atoms with Crippen molar-refractivity contribution in [3.63, 3.8) is 0 Å². The molecule has 1 fully saturated rings. The van der Waals surface area contributed by atoms with E-state index in [-0.39, 0.29) is 11.9 Å². The number of ether oxygens (including phenoxy) is 1. The van der Waals surface area contributed by atoms with E-state index in [1.165, 1.54) is 19.3 Å². The zero-order valence-electron chi connectivity index (χ0n) is 10.3. The lowest BCUT2D eigenvalue weighted by molar-refractivity contribution is 0.191. The molecule has 100 valence electrons. The van der Waals surface area contributed by atoms with Gasteiger partial charge in [-0.2, -0.15) is 4.99 Å². The van der Waals surface area contributed by atoms with Gasteiger partial charge < -0.3 is 16.2 Å². The van der Waals surface area contributed by atoms with Crippen LogP contribution in [0.15, 0.2) is 15.2 Å². The first-order valence-electron chi connectivity index (χ1n) is 6.33. The van der Waals surface area contributed by atoms with Gasteiger partial charge >= 0.3 is 0 Å². The molecule has 2 atom stereocenters. The molecule has 1 saturated carbocycles. The van der Waals surface area contributed by atoms with Gasteiger partial charge in [-0.3, -0.25) is 0 Å². The van der Waals surface area contributed by atoms with Gasteiger partial charge in [0.1, 0.15) is 6.17 Å². The summed E-state index contributed by atoms with van der Waals surface area (Å²) in [6, 6.07) is -0.860. The number of aliphatic imine (C=N–C) groups is 2. The Bertz CT molecular complexity index is 362. The molecule has 7 nitrogen and oxygen atoms in total. The van der Waals surface area contributed by atoms with Crippen molar-refractivity contribution < 1.29 is 4.74 Å². The average molecular weight is 253 g/mol. The lowest BCUT2D eigenvalue weighted by atomic mass is 9.90. The van der Waals surface area contributed by atoms with Crippen molar-refractivity contribution >= 4 is 11.9 Å². The van der Waals surface area contributed by atoms with Crippen LogP contribution < -0.4 is 11.5 Å². The van der Waals surface area contributed by atoms with Crippen LogP contribution in [0.25, 0.3) is 0 Å². The van der Waals surface area contributed by atoms with Gasteiger partial charge in [-0.05, 0) is 18.8 Å². The van der Waals surface area contributed by atoms with Crippen molar-refractivity contribution in [1.29, 1.82) is 0 Å². The molecule has 7 heteroatoms. The normalized spacial score (nSPS) is 29.4. The van der Waals surface area contributed by atoms with Crippen LogP contribution in [0.4, 0.5) is 0 Å². The Morgan fingerprint density at radius 2 is 2.06 bits per heavy atom. The first-order valence-corrected chi connectivity index (χ1v) is 6.33. The highest BCUT2D eigenvalue weighted by Crippen LogP contribution is 2.24. The molecule has 0 amide bonds. The lowest BCUT2D eigenvalue weighted by Gasteiger charge is -2.25. The second kappa shape index (κ2) is 5.90. The van der Waals surface area contributed by atoms with Crippen LogP contribution in [-0.2, 0) is 4.74 Å². The molecule has 1 heterocycles. The fourth-order valence-corrected chi connectivity index (χ4v) is 2.36. The molecular weight excluding hydrogens is 234 g/mol. The van der Waals surface area contributed by atoms with E-state index in [0.29, 0.717) is 12.5 Å². The predicted molar refractivity (Wildman–Crippen MR) is 69.1 cm³/mol. The summed E-state index contributed by atoms with van der Waals surface area (Å²) < 4.78 is 5.58. The molecule has 0 saturated heterocycles. The molecule has 2 aliphatic rings. The topological polar surface area (TPSA) is 115 Å². The maximum Gasteiger partial charge on any atom is 0.224 e. The zero-order valence-corrected chi connectivity index (χ0v) is 10.3. The van der Waals surface area contributed by atoms with E-state index in [9.17, 15) is 4.91 Å². The SMILES string of the molecule is NC1=NC(N)C(N=O)C(OCC2CCCCC2)=N1. The number of nitroso groups, excluding NO2 is 1. The Balaban J connectivity index is 1.93. The number of hydrogen-bond donors (Lipinski definition) is 2. The van der Waals surface area contributed by atoms with Crippen LogP contribution >= 0.6 is 0 Å². The van der Waals surface area contributed by atoms with Crippen LogP contribution in [-0.4, -0.2) is 30.7 Å². The number of rotatable bonds is 3. The van der Waals surface area contributed by atoms with Gasteiger partial charge in [0.25, 0.3) is 0 Å². The molecule has 2 unspecified atom stereocenters. The second-order valence-corrected chi connectivity index (χ2v) is 4.79. The summed E-state index contributed by atoms with van der Waals surface area (Å²) in [5.41, 5.74) is 11.2. The Morgan fingerprint density at radius 1 is 1.33 bits per heavy atom. The first-order chi connectivity index (χ1) is 8.70. The molecular formula is C11H19N5O2. The highest BCUT2D eigenvalue weighted by Gasteiger charge is 2.30. The molecule has 4 N–H and O–H groups in total. The average Bonchev–Trinajstić information content (AvgIpc) is 2.37. The van der Waals surface area contributed by atoms with Crippen molar-refractivity contribution in [3.05, 3.63) is 4.91 Å². The Hall–Kier alpha value is -1.50. The van der Waals surface area contributed by atoms with Crippen LogP contribution in [0.1, 0.15) is 32.1 Å². The number of hydrogen-bond acceptors (Lipinski definition) is 7. The monoisotopic (exact) mass is 253 g/mol. The van der Waals surface area contributed by atoms with Crippen LogP contribution in [0, 0.1) is 10.8 Å². The summed E-state index contributed by atoms with van der Waals surface area (Å²) in [5.74, 6) is 0.765. The number of guanidine groups is 1. The summed E-state index contributed by atoms with van der Waals surface area (Å²) in [6.45, 7) is 0.546. The molecule has 2 rings (SSSR count). The maximum absolute atomic E-state index is 10.7. The first kappa shape index (κ1) is 12.9. The van der Waals surface area contributed by atoms with Gasteiger partial charge in [0.05, 0.1) is 6.61 Å². The van der Waals surface area contributed by atoms with Crippen molar-refractivity contribution in [2.75, 3.05) is 6.61 Å². The smallest absolute Gasteiger partial charge is 0.224 e. The van der Waals surface area contributed by atoms with E-state index in [1.54, 1.807) is 0 Å². The van der Waals surface area contributed by atoms with Gasteiger partial charge in [0, 0.05) is 0 Å². The molecule has 0 aromatic heterocycles. The zero-order chi connectivity index (χ0) is 13.0. The summed E-state index contributed by atoms with van der Waals surface area (Å²) in [6.07, 6.45) is 5.28. The van der Waals surface area contributed by atoms with Crippen LogP contribution in [0.2, 0.25) is 0 Å². The summed E-state index contributed by atoms with van der Waals surface area (Å²) in [4.78, 5) is 18.4. The van der Waals surface area contributed by atoms with E-state index >= 15 is 0 Å². The predicted octanol–water partition coefficient (Wildman–Crippen LogP) is 0.730. The molecule has 0 radical (unpaired) electrons. The minimum absolute atomic E-state index is 0.0426. The second-order valence-electron chi connectivity index (χ2n) is 4.79. The summed E-state index contributed by atoms with van der Waals surface area (Å²) in [7, 11) is 0. The fraction of sp³-hybridized carbons (Fsp3) is 0.818. The molecule has 1 aliphatic heterocycles. The number of nitrogens with zero attached hydrogens (tertiary/aromatic N) is 3. The highest BCUT2D eigenvalue weighted by molar-refractivity contribution is 5.97. The summed E-state index contributed by atoms with van der Waals surface area (Å²) >= 11 is 0. The molecule has 1 aliphatic carbocycles. The third-order valence-electron chi connectivity index (χ3n) is 3.39. The Kier molecular flexibility index (Phi) is 4.24. The highest BCUT2D eigenvalue weighted by atomic mass is 16.5. The number of nitrogens with two attached hydrogens (primary N) is 2. The molecule has 0 spiro atoms. The minimum atomic E-state index is -0.860. The van der Waals surface area contributed by atoms with Gasteiger partial charge in [-0.15, -0.1) is 4.91 Å². The Labute approximate surface area is 106 Å². The van der Waals surface area contributed by atoms with Crippen molar-refractivity contribution in [2.24, 2.45) is 32.5 Å². The largest absolute Gasteiger partial charge is 0.479 e. The molecule has 0 bridgehead atoms. The standard InChI is InChI=1S/C11H19N5O2/c12-9-8(16-17)10(15-11(13)14-9)18-6-7-4-2-1-3-5-7/h7-9H,1-6,12H2,(H2,13,14). The van der Waals surface area contributed by atoms with E-state index < -0.39 is 12.2 Å². The van der Waals surface area contributed by atoms with Crippen LogP contribution in [0.5, 0.6) is 0 Å². The Morgan fingerprint density at radius 3 is 2.72 bits per heavy atom. The molecule has 0 aromatic rings. The van der Waals surface area contributed by atoms with E-state index in [4.69, 9.17) is 16.2 Å².